The zero-order chi connectivity index (χ0) is 21.6. The molecule has 1 N–H and O–H groups in total. The van der Waals surface area contributed by atoms with Gasteiger partial charge in [-0.3, -0.25) is 9.48 Å². The fraction of sp³-hybridized carbons (Fsp3) is 0.130. The minimum Gasteiger partial charge on any atom is -0.461 e. The maximum Gasteiger partial charge on any atom is 0.358 e. The van der Waals surface area contributed by atoms with E-state index in [4.69, 9.17) is 4.74 Å². The molecule has 0 spiro atoms. The quantitative estimate of drug-likeness (QED) is 0.466. The lowest BCUT2D eigenvalue weighted by molar-refractivity contribution is 0.0519. The lowest BCUT2D eigenvalue weighted by atomic mass is 10.1. The van der Waals surface area contributed by atoms with E-state index in [2.05, 4.69) is 15.5 Å². The number of nitrogens with zero attached hydrogens (tertiary/aromatic N) is 4. The minimum atomic E-state index is -0.471. The smallest absolute Gasteiger partial charge is 0.358 e. The molecule has 0 radical (unpaired) electrons. The summed E-state index contributed by atoms with van der Waals surface area (Å²) in [7, 11) is 0. The predicted molar refractivity (Wildman–Crippen MR) is 115 cm³/mol. The molecule has 8 nitrogen and oxygen atoms in total. The molecule has 0 atom stereocenters. The Bertz CT molecular complexity index is 1180. The van der Waals surface area contributed by atoms with Crippen molar-refractivity contribution in [1.29, 1.82) is 0 Å². The van der Waals surface area contributed by atoms with E-state index in [-0.39, 0.29) is 18.2 Å². The number of hydrogen-bond acceptors (Lipinski definition) is 5. The standard InChI is InChI=1S/C23H21N5O3/c1-2-31-23(30)21-11-14-28(26-21)20-6-3-5-19(15-20)25-22(29)18-9-7-17(8-10-18)16-27-13-4-12-24-27/h3-15H,2,16H2,1H3,(H,25,29). The van der Waals surface area contributed by atoms with Gasteiger partial charge < -0.3 is 10.1 Å². The van der Waals surface area contributed by atoms with Gasteiger partial charge in [0.2, 0.25) is 0 Å². The van der Waals surface area contributed by atoms with Gasteiger partial charge in [0.25, 0.3) is 5.91 Å². The van der Waals surface area contributed by atoms with E-state index >= 15 is 0 Å². The van der Waals surface area contributed by atoms with Crippen molar-refractivity contribution in [3.8, 4) is 5.69 Å². The normalized spacial score (nSPS) is 10.6. The van der Waals surface area contributed by atoms with Crippen LogP contribution in [-0.4, -0.2) is 38.0 Å². The van der Waals surface area contributed by atoms with E-state index in [0.717, 1.165) is 5.56 Å². The first-order valence-corrected chi connectivity index (χ1v) is 9.83. The van der Waals surface area contributed by atoms with E-state index in [1.54, 1.807) is 54.3 Å². The van der Waals surface area contributed by atoms with Crippen molar-refractivity contribution in [2.24, 2.45) is 0 Å². The molecule has 0 aliphatic rings. The summed E-state index contributed by atoms with van der Waals surface area (Å²) in [6.07, 6.45) is 5.30. The molecule has 0 fully saturated rings. The van der Waals surface area contributed by atoms with Gasteiger partial charge in [-0.05, 0) is 55.0 Å². The van der Waals surface area contributed by atoms with Gasteiger partial charge in [-0.25, -0.2) is 9.48 Å². The Hall–Kier alpha value is -4.20. The van der Waals surface area contributed by atoms with E-state index < -0.39 is 5.97 Å². The summed E-state index contributed by atoms with van der Waals surface area (Å²) in [6, 6.07) is 18.1. The van der Waals surface area contributed by atoms with Crippen LogP contribution in [0, 0.1) is 0 Å². The monoisotopic (exact) mass is 415 g/mol. The van der Waals surface area contributed by atoms with E-state index in [1.807, 2.05) is 41.2 Å². The lowest BCUT2D eigenvalue weighted by Crippen LogP contribution is -2.12. The van der Waals surface area contributed by atoms with Crippen molar-refractivity contribution in [3.05, 3.63) is 96.1 Å². The second-order valence-corrected chi connectivity index (χ2v) is 6.77. The van der Waals surface area contributed by atoms with Gasteiger partial charge in [0, 0.05) is 29.8 Å². The number of nitrogens with one attached hydrogen (secondary N) is 1. The van der Waals surface area contributed by atoms with Crippen LogP contribution in [0.1, 0.15) is 33.3 Å². The summed E-state index contributed by atoms with van der Waals surface area (Å²) in [6.45, 7) is 2.68. The number of ether oxygens (including phenoxy) is 1. The molecule has 0 aliphatic carbocycles. The molecule has 0 aliphatic heterocycles. The molecular formula is C23H21N5O3. The first kappa shape index (κ1) is 20.1. The first-order chi connectivity index (χ1) is 15.1. The Kier molecular flexibility index (Phi) is 5.89. The highest BCUT2D eigenvalue weighted by molar-refractivity contribution is 6.04. The van der Waals surface area contributed by atoms with E-state index in [0.29, 0.717) is 23.5 Å². The summed E-state index contributed by atoms with van der Waals surface area (Å²) in [5.41, 5.74) is 3.17. The molecule has 4 rings (SSSR count). The third-order valence-electron chi connectivity index (χ3n) is 4.56. The number of aromatic nitrogens is 4. The Labute approximate surface area is 179 Å². The number of carbonyl (C=O) groups is 2. The summed E-state index contributed by atoms with van der Waals surface area (Å²) in [5.74, 6) is -0.683. The number of anilines is 1. The van der Waals surface area contributed by atoms with Gasteiger partial charge in [-0.1, -0.05) is 18.2 Å². The van der Waals surface area contributed by atoms with Crippen LogP contribution in [0.2, 0.25) is 0 Å². The molecule has 31 heavy (non-hydrogen) atoms. The summed E-state index contributed by atoms with van der Waals surface area (Å²) < 4.78 is 8.35. The molecule has 0 unspecified atom stereocenters. The second-order valence-electron chi connectivity index (χ2n) is 6.77. The Morgan fingerprint density at radius 3 is 2.61 bits per heavy atom. The number of amides is 1. The number of carbonyl (C=O) groups excluding carboxylic acids is 2. The molecule has 0 saturated carbocycles. The molecule has 4 aromatic rings. The van der Waals surface area contributed by atoms with Gasteiger partial charge >= 0.3 is 5.97 Å². The van der Waals surface area contributed by atoms with Crippen LogP contribution in [0.15, 0.2) is 79.3 Å². The Morgan fingerprint density at radius 1 is 1.03 bits per heavy atom. The van der Waals surface area contributed by atoms with Crippen LogP contribution in [0.5, 0.6) is 0 Å². The van der Waals surface area contributed by atoms with Crippen LogP contribution in [0.3, 0.4) is 0 Å². The van der Waals surface area contributed by atoms with Crippen LogP contribution >= 0.6 is 0 Å². The van der Waals surface area contributed by atoms with Crippen molar-refractivity contribution in [1.82, 2.24) is 19.6 Å². The topological polar surface area (TPSA) is 91.0 Å². The minimum absolute atomic E-state index is 0.213. The van der Waals surface area contributed by atoms with Gasteiger partial charge in [-0.15, -0.1) is 0 Å². The van der Waals surface area contributed by atoms with Crippen molar-refractivity contribution in [2.75, 3.05) is 11.9 Å². The maximum atomic E-state index is 12.6. The van der Waals surface area contributed by atoms with Crippen LogP contribution in [-0.2, 0) is 11.3 Å². The summed E-state index contributed by atoms with van der Waals surface area (Å²) >= 11 is 0. The first-order valence-electron chi connectivity index (χ1n) is 9.83. The molecule has 156 valence electrons. The van der Waals surface area contributed by atoms with Gasteiger partial charge in [0.15, 0.2) is 5.69 Å². The SMILES string of the molecule is CCOC(=O)c1ccn(-c2cccc(NC(=O)c3ccc(Cn4cccn4)cc3)c2)n1. The maximum absolute atomic E-state index is 12.6. The van der Waals surface area contributed by atoms with Crippen LogP contribution in [0.4, 0.5) is 5.69 Å². The Morgan fingerprint density at radius 2 is 1.87 bits per heavy atom. The molecule has 1 amide bonds. The van der Waals surface area contributed by atoms with E-state index in [9.17, 15) is 9.59 Å². The van der Waals surface area contributed by atoms with Crippen molar-refractivity contribution < 1.29 is 14.3 Å². The fourth-order valence-electron chi connectivity index (χ4n) is 3.05. The van der Waals surface area contributed by atoms with Gasteiger partial charge in [0.05, 0.1) is 18.8 Å². The van der Waals surface area contributed by atoms with Gasteiger partial charge in [0.1, 0.15) is 0 Å². The third-order valence-corrected chi connectivity index (χ3v) is 4.56. The Balaban J connectivity index is 1.44. The molecule has 8 heteroatoms. The summed E-state index contributed by atoms with van der Waals surface area (Å²) in [5, 5.41) is 11.3. The second kappa shape index (κ2) is 9.08. The molecule has 2 aromatic carbocycles. The molecule has 2 heterocycles. The number of esters is 1. The molecule has 2 aromatic heterocycles. The average Bonchev–Trinajstić information content (AvgIpc) is 3.47. The largest absolute Gasteiger partial charge is 0.461 e. The average molecular weight is 415 g/mol. The molecule has 0 bridgehead atoms. The molecule has 0 saturated heterocycles. The highest BCUT2D eigenvalue weighted by Crippen LogP contribution is 2.16. The predicted octanol–water partition coefficient (Wildman–Crippen LogP) is 3.55. The van der Waals surface area contributed by atoms with Crippen molar-refractivity contribution in [3.63, 3.8) is 0 Å². The van der Waals surface area contributed by atoms with Crippen molar-refractivity contribution >= 4 is 17.6 Å². The highest BCUT2D eigenvalue weighted by Gasteiger charge is 2.12. The molecular weight excluding hydrogens is 394 g/mol. The third kappa shape index (κ3) is 4.87. The van der Waals surface area contributed by atoms with Crippen molar-refractivity contribution in [2.45, 2.75) is 13.5 Å². The number of hydrogen-bond donors (Lipinski definition) is 1. The fourth-order valence-corrected chi connectivity index (χ4v) is 3.05. The summed E-state index contributed by atoms with van der Waals surface area (Å²) in [4.78, 5) is 24.5. The van der Waals surface area contributed by atoms with E-state index in [1.165, 1.54) is 0 Å². The van der Waals surface area contributed by atoms with Gasteiger partial charge in [-0.2, -0.15) is 10.2 Å². The van der Waals surface area contributed by atoms with Crippen LogP contribution in [0.25, 0.3) is 5.69 Å². The highest BCUT2D eigenvalue weighted by atomic mass is 16.5. The number of rotatable bonds is 7. The lowest BCUT2D eigenvalue weighted by Gasteiger charge is -2.09. The zero-order valence-corrected chi connectivity index (χ0v) is 16.9. The van der Waals surface area contributed by atoms with Crippen LogP contribution < -0.4 is 5.32 Å². The zero-order valence-electron chi connectivity index (χ0n) is 16.9. The number of benzene rings is 2.